The fourth-order valence-corrected chi connectivity index (χ4v) is 1.94. The minimum absolute atomic E-state index is 0.536. The van der Waals surface area contributed by atoms with Gasteiger partial charge in [-0.2, -0.15) is 0 Å². The number of nitrogens with zero attached hydrogens (tertiary/aromatic N) is 1. The molecule has 2 rings (SSSR count). The number of aryl methyl sites for hydroxylation is 1. The van der Waals surface area contributed by atoms with E-state index in [0.717, 1.165) is 13.1 Å². The van der Waals surface area contributed by atoms with Gasteiger partial charge >= 0.3 is 0 Å². The van der Waals surface area contributed by atoms with Crippen LogP contribution in [0, 0.1) is 0 Å². The normalized spacial score (nSPS) is 11.5. The number of benzene rings is 1. The maximum Gasteiger partial charge on any atom is 0.0483 e. The number of hydrogen-bond donors (Lipinski definition) is 1. The Hall–Kier alpha value is -1.28. The fourth-order valence-electron chi connectivity index (χ4n) is 1.94. The second-order valence-electron chi connectivity index (χ2n) is 4.53. The second kappa shape index (κ2) is 4.71. The van der Waals surface area contributed by atoms with Gasteiger partial charge in [0.05, 0.1) is 0 Å². The Labute approximate surface area is 97.3 Å². The average Bonchev–Trinajstić information content (AvgIpc) is 2.68. The molecule has 0 fully saturated rings. The summed E-state index contributed by atoms with van der Waals surface area (Å²) >= 11 is 0. The van der Waals surface area contributed by atoms with Crippen LogP contribution >= 0.6 is 0 Å². The monoisotopic (exact) mass is 216 g/mol. The summed E-state index contributed by atoms with van der Waals surface area (Å²) in [4.78, 5) is 0. The minimum atomic E-state index is 0.536. The third-order valence-electron chi connectivity index (χ3n) is 2.89. The SMILES string of the molecule is CCn1ccc2ccc(CNC(C)C)cc21. The van der Waals surface area contributed by atoms with Gasteiger partial charge in [-0.15, -0.1) is 0 Å². The van der Waals surface area contributed by atoms with E-state index in [0.29, 0.717) is 6.04 Å². The minimum Gasteiger partial charge on any atom is -0.348 e. The Kier molecular flexibility index (Phi) is 3.30. The molecule has 0 saturated carbocycles. The highest BCUT2D eigenvalue weighted by molar-refractivity contribution is 5.80. The van der Waals surface area contributed by atoms with Crippen LogP contribution in [-0.4, -0.2) is 10.6 Å². The van der Waals surface area contributed by atoms with Crippen molar-refractivity contribution in [2.24, 2.45) is 0 Å². The molecule has 0 aliphatic rings. The Bertz CT molecular complexity index is 469. The molecule has 1 aromatic carbocycles. The fraction of sp³-hybridized carbons (Fsp3) is 0.429. The molecule has 0 saturated heterocycles. The number of rotatable bonds is 4. The molecule has 1 heterocycles. The summed E-state index contributed by atoms with van der Waals surface area (Å²) in [7, 11) is 0. The Morgan fingerprint density at radius 1 is 1.25 bits per heavy atom. The van der Waals surface area contributed by atoms with Crippen molar-refractivity contribution in [1.82, 2.24) is 9.88 Å². The van der Waals surface area contributed by atoms with Gasteiger partial charge in [-0.1, -0.05) is 26.0 Å². The highest BCUT2D eigenvalue weighted by Gasteiger charge is 2.01. The molecule has 86 valence electrons. The van der Waals surface area contributed by atoms with Crippen molar-refractivity contribution >= 4 is 10.9 Å². The first kappa shape index (κ1) is 11.2. The van der Waals surface area contributed by atoms with Gasteiger partial charge in [0.2, 0.25) is 0 Å². The van der Waals surface area contributed by atoms with Crippen molar-refractivity contribution in [1.29, 1.82) is 0 Å². The molecule has 0 bridgehead atoms. The zero-order chi connectivity index (χ0) is 11.5. The molecule has 0 radical (unpaired) electrons. The summed E-state index contributed by atoms with van der Waals surface area (Å²) in [6.45, 7) is 8.51. The Morgan fingerprint density at radius 2 is 2.06 bits per heavy atom. The Morgan fingerprint density at radius 3 is 2.75 bits per heavy atom. The van der Waals surface area contributed by atoms with Crippen LogP contribution in [-0.2, 0) is 13.1 Å². The lowest BCUT2D eigenvalue weighted by Gasteiger charge is -2.09. The third-order valence-corrected chi connectivity index (χ3v) is 2.89. The quantitative estimate of drug-likeness (QED) is 0.830. The molecule has 2 aromatic rings. The number of fused-ring (bicyclic) bond motifs is 1. The van der Waals surface area contributed by atoms with Crippen molar-refractivity contribution in [3.63, 3.8) is 0 Å². The summed E-state index contributed by atoms with van der Waals surface area (Å²) in [5.41, 5.74) is 2.69. The smallest absolute Gasteiger partial charge is 0.0483 e. The van der Waals surface area contributed by atoms with E-state index in [9.17, 15) is 0 Å². The van der Waals surface area contributed by atoms with Crippen LogP contribution in [0.15, 0.2) is 30.5 Å². The summed E-state index contributed by atoms with van der Waals surface area (Å²) in [6.07, 6.45) is 2.16. The first-order valence-electron chi connectivity index (χ1n) is 6.02. The Balaban J connectivity index is 2.27. The van der Waals surface area contributed by atoms with Crippen LogP contribution in [0.5, 0.6) is 0 Å². The van der Waals surface area contributed by atoms with E-state index in [1.165, 1.54) is 16.5 Å². The molecule has 16 heavy (non-hydrogen) atoms. The second-order valence-corrected chi connectivity index (χ2v) is 4.53. The van der Waals surface area contributed by atoms with Gasteiger partial charge in [0.15, 0.2) is 0 Å². The molecule has 0 aliphatic carbocycles. The lowest BCUT2D eigenvalue weighted by atomic mass is 10.1. The maximum atomic E-state index is 3.45. The maximum absolute atomic E-state index is 3.45. The number of hydrogen-bond acceptors (Lipinski definition) is 1. The summed E-state index contributed by atoms with van der Waals surface area (Å²) in [5.74, 6) is 0. The molecular weight excluding hydrogens is 196 g/mol. The molecule has 1 N–H and O–H groups in total. The van der Waals surface area contributed by atoms with E-state index in [-0.39, 0.29) is 0 Å². The first-order chi connectivity index (χ1) is 7.70. The first-order valence-corrected chi connectivity index (χ1v) is 6.02. The van der Waals surface area contributed by atoms with Gasteiger partial charge in [0.25, 0.3) is 0 Å². The highest BCUT2D eigenvalue weighted by Crippen LogP contribution is 2.17. The van der Waals surface area contributed by atoms with E-state index in [2.05, 4.69) is 61.1 Å². The molecule has 0 unspecified atom stereocenters. The van der Waals surface area contributed by atoms with Gasteiger partial charge in [-0.25, -0.2) is 0 Å². The predicted octanol–water partition coefficient (Wildman–Crippen LogP) is 3.16. The summed E-state index contributed by atoms with van der Waals surface area (Å²) in [5, 5.41) is 4.78. The lowest BCUT2D eigenvalue weighted by Crippen LogP contribution is -2.21. The van der Waals surface area contributed by atoms with Gasteiger partial charge in [-0.3, -0.25) is 0 Å². The van der Waals surface area contributed by atoms with E-state index in [4.69, 9.17) is 0 Å². The third kappa shape index (κ3) is 2.27. The van der Waals surface area contributed by atoms with E-state index in [1.54, 1.807) is 0 Å². The summed E-state index contributed by atoms with van der Waals surface area (Å²) < 4.78 is 2.29. The molecule has 0 atom stereocenters. The highest BCUT2D eigenvalue weighted by atomic mass is 14.9. The van der Waals surface area contributed by atoms with Crippen LogP contribution in [0.4, 0.5) is 0 Å². The van der Waals surface area contributed by atoms with Crippen molar-refractivity contribution in [2.45, 2.75) is 39.9 Å². The van der Waals surface area contributed by atoms with Gasteiger partial charge < -0.3 is 9.88 Å². The molecule has 0 amide bonds. The van der Waals surface area contributed by atoms with E-state index in [1.807, 2.05) is 0 Å². The van der Waals surface area contributed by atoms with Gasteiger partial charge in [0, 0.05) is 30.8 Å². The van der Waals surface area contributed by atoms with Gasteiger partial charge in [0.1, 0.15) is 0 Å². The topological polar surface area (TPSA) is 17.0 Å². The molecule has 0 spiro atoms. The van der Waals surface area contributed by atoms with Crippen molar-refractivity contribution in [3.05, 3.63) is 36.0 Å². The lowest BCUT2D eigenvalue weighted by molar-refractivity contribution is 0.589. The summed E-state index contributed by atoms with van der Waals surface area (Å²) in [6, 6.07) is 9.41. The van der Waals surface area contributed by atoms with E-state index >= 15 is 0 Å². The van der Waals surface area contributed by atoms with Crippen LogP contribution in [0.3, 0.4) is 0 Å². The number of nitrogens with one attached hydrogen (secondary N) is 1. The van der Waals surface area contributed by atoms with Crippen molar-refractivity contribution in [2.75, 3.05) is 0 Å². The average molecular weight is 216 g/mol. The number of aromatic nitrogens is 1. The van der Waals surface area contributed by atoms with Gasteiger partial charge in [-0.05, 0) is 30.0 Å². The van der Waals surface area contributed by atoms with Crippen LogP contribution < -0.4 is 5.32 Å². The zero-order valence-corrected chi connectivity index (χ0v) is 10.3. The van der Waals surface area contributed by atoms with E-state index < -0.39 is 0 Å². The zero-order valence-electron chi connectivity index (χ0n) is 10.3. The van der Waals surface area contributed by atoms with Crippen LogP contribution in [0.2, 0.25) is 0 Å². The predicted molar refractivity (Wildman–Crippen MR) is 69.6 cm³/mol. The molecule has 0 aliphatic heterocycles. The molecule has 1 aromatic heterocycles. The molecule has 2 nitrogen and oxygen atoms in total. The molecule has 2 heteroatoms. The molecular formula is C14H20N2. The van der Waals surface area contributed by atoms with Crippen molar-refractivity contribution < 1.29 is 0 Å². The van der Waals surface area contributed by atoms with Crippen LogP contribution in [0.25, 0.3) is 10.9 Å². The van der Waals surface area contributed by atoms with Crippen molar-refractivity contribution in [3.8, 4) is 0 Å². The van der Waals surface area contributed by atoms with Crippen LogP contribution in [0.1, 0.15) is 26.3 Å². The standard InChI is InChI=1S/C14H20N2/c1-4-16-8-7-13-6-5-12(9-14(13)16)10-15-11(2)3/h5-9,11,15H,4,10H2,1-3H3. The largest absolute Gasteiger partial charge is 0.348 e.